The Morgan fingerprint density at radius 1 is 1.53 bits per heavy atom. The first kappa shape index (κ1) is 13.3. The van der Waals surface area contributed by atoms with Gasteiger partial charge in [0.1, 0.15) is 5.69 Å². The SMILES string of the molecule is Cc1cccc([N+](=O)[O-])c1NC1(CC(=O)O)CCC1. The molecule has 0 aromatic heterocycles. The fourth-order valence-corrected chi connectivity index (χ4v) is 2.47. The van der Waals surface area contributed by atoms with Crippen LogP contribution in [-0.2, 0) is 4.79 Å². The van der Waals surface area contributed by atoms with Crippen molar-refractivity contribution in [1.29, 1.82) is 0 Å². The van der Waals surface area contributed by atoms with Crippen molar-refractivity contribution < 1.29 is 14.8 Å². The molecule has 1 aliphatic carbocycles. The van der Waals surface area contributed by atoms with E-state index in [1.54, 1.807) is 19.1 Å². The van der Waals surface area contributed by atoms with Crippen LogP contribution >= 0.6 is 0 Å². The third-order valence-corrected chi connectivity index (χ3v) is 3.64. The Kier molecular flexibility index (Phi) is 3.42. The van der Waals surface area contributed by atoms with Gasteiger partial charge in [-0.05, 0) is 31.7 Å². The molecule has 1 aliphatic rings. The summed E-state index contributed by atoms with van der Waals surface area (Å²) in [7, 11) is 0. The zero-order valence-corrected chi connectivity index (χ0v) is 10.7. The van der Waals surface area contributed by atoms with Gasteiger partial charge in [-0.15, -0.1) is 0 Å². The van der Waals surface area contributed by atoms with Gasteiger partial charge in [0.15, 0.2) is 0 Å². The molecule has 0 heterocycles. The molecule has 1 saturated carbocycles. The van der Waals surface area contributed by atoms with Crippen molar-refractivity contribution >= 4 is 17.3 Å². The third-order valence-electron chi connectivity index (χ3n) is 3.64. The summed E-state index contributed by atoms with van der Waals surface area (Å²) in [5.41, 5.74) is 0.652. The van der Waals surface area contributed by atoms with E-state index in [1.165, 1.54) is 6.07 Å². The summed E-state index contributed by atoms with van der Waals surface area (Å²) in [5.74, 6) is -0.886. The highest BCUT2D eigenvalue weighted by atomic mass is 16.6. The fourth-order valence-electron chi connectivity index (χ4n) is 2.47. The minimum Gasteiger partial charge on any atom is -0.481 e. The molecule has 2 N–H and O–H groups in total. The molecular weight excluding hydrogens is 248 g/mol. The van der Waals surface area contributed by atoms with Crippen LogP contribution in [0.15, 0.2) is 18.2 Å². The molecule has 0 spiro atoms. The lowest BCUT2D eigenvalue weighted by Gasteiger charge is -2.42. The molecule has 6 heteroatoms. The molecular formula is C13H16N2O4. The van der Waals surface area contributed by atoms with Gasteiger partial charge >= 0.3 is 5.97 Å². The summed E-state index contributed by atoms with van der Waals surface area (Å²) < 4.78 is 0. The molecule has 0 amide bonds. The number of aryl methyl sites for hydroxylation is 1. The van der Waals surface area contributed by atoms with Crippen LogP contribution in [0.5, 0.6) is 0 Å². The zero-order chi connectivity index (χ0) is 14.0. The molecule has 0 aliphatic heterocycles. The molecule has 0 bridgehead atoms. The van der Waals surface area contributed by atoms with Crippen LogP contribution in [0.1, 0.15) is 31.2 Å². The van der Waals surface area contributed by atoms with Crippen molar-refractivity contribution in [2.24, 2.45) is 0 Å². The normalized spacial score (nSPS) is 16.5. The first-order chi connectivity index (χ1) is 8.93. The number of nitrogens with one attached hydrogen (secondary N) is 1. The van der Waals surface area contributed by atoms with Gasteiger partial charge in [0.2, 0.25) is 0 Å². The van der Waals surface area contributed by atoms with Crippen LogP contribution in [0, 0.1) is 17.0 Å². The standard InChI is InChI=1S/C13H16N2O4/c1-9-4-2-5-10(15(18)19)12(9)14-13(6-3-7-13)8-11(16)17/h2,4-5,14H,3,6-8H2,1H3,(H,16,17). The van der Waals surface area contributed by atoms with E-state index in [9.17, 15) is 14.9 Å². The number of hydrogen-bond donors (Lipinski definition) is 2. The summed E-state index contributed by atoms with van der Waals surface area (Å²) >= 11 is 0. The minimum absolute atomic E-state index is 0.00309. The number of aliphatic carboxylic acids is 1. The van der Waals surface area contributed by atoms with E-state index < -0.39 is 16.4 Å². The molecule has 2 rings (SSSR count). The van der Waals surface area contributed by atoms with Crippen molar-refractivity contribution in [3.63, 3.8) is 0 Å². The van der Waals surface area contributed by atoms with E-state index in [-0.39, 0.29) is 12.1 Å². The molecule has 0 unspecified atom stereocenters. The van der Waals surface area contributed by atoms with Crippen LogP contribution in [0.2, 0.25) is 0 Å². The van der Waals surface area contributed by atoms with E-state index in [1.807, 2.05) is 0 Å². The second kappa shape index (κ2) is 4.87. The highest BCUT2D eigenvalue weighted by molar-refractivity contribution is 5.72. The molecule has 1 aromatic rings. The fraction of sp³-hybridized carbons (Fsp3) is 0.462. The topological polar surface area (TPSA) is 92.5 Å². The van der Waals surface area contributed by atoms with Gasteiger partial charge in [0, 0.05) is 11.6 Å². The Balaban J connectivity index is 2.32. The van der Waals surface area contributed by atoms with E-state index in [4.69, 9.17) is 5.11 Å². The Morgan fingerprint density at radius 2 is 2.21 bits per heavy atom. The van der Waals surface area contributed by atoms with Crippen LogP contribution in [-0.4, -0.2) is 21.5 Å². The lowest BCUT2D eigenvalue weighted by Crippen LogP contribution is -2.47. The number of carboxylic acid groups (broad SMARTS) is 1. The van der Waals surface area contributed by atoms with Gasteiger partial charge in [0.25, 0.3) is 5.69 Å². The predicted molar refractivity (Wildman–Crippen MR) is 70.3 cm³/mol. The minimum atomic E-state index is -0.886. The first-order valence-corrected chi connectivity index (χ1v) is 6.17. The Labute approximate surface area is 110 Å². The lowest BCUT2D eigenvalue weighted by molar-refractivity contribution is -0.384. The molecule has 19 heavy (non-hydrogen) atoms. The molecule has 0 saturated heterocycles. The molecule has 102 valence electrons. The van der Waals surface area contributed by atoms with Crippen molar-refractivity contribution in [2.75, 3.05) is 5.32 Å². The number of nitro benzene ring substituents is 1. The van der Waals surface area contributed by atoms with E-state index in [2.05, 4.69) is 5.32 Å². The number of carboxylic acids is 1. The molecule has 0 radical (unpaired) electrons. The van der Waals surface area contributed by atoms with E-state index >= 15 is 0 Å². The number of hydrogen-bond acceptors (Lipinski definition) is 4. The smallest absolute Gasteiger partial charge is 0.305 e. The monoisotopic (exact) mass is 264 g/mol. The van der Waals surface area contributed by atoms with Crippen molar-refractivity contribution in [3.8, 4) is 0 Å². The maximum absolute atomic E-state index is 11.0. The van der Waals surface area contributed by atoms with Crippen LogP contribution < -0.4 is 5.32 Å². The number of anilines is 1. The van der Waals surface area contributed by atoms with Gasteiger partial charge in [-0.25, -0.2) is 0 Å². The Bertz CT molecular complexity index is 523. The van der Waals surface area contributed by atoms with Gasteiger partial charge in [0.05, 0.1) is 11.3 Å². The average molecular weight is 264 g/mol. The van der Waals surface area contributed by atoms with Crippen molar-refractivity contribution in [3.05, 3.63) is 33.9 Å². The van der Waals surface area contributed by atoms with Crippen molar-refractivity contribution in [1.82, 2.24) is 0 Å². The second-order valence-corrected chi connectivity index (χ2v) is 5.06. The number of carbonyl (C=O) groups is 1. The van der Waals surface area contributed by atoms with Crippen LogP contribution in [0.4, 0.5) is 11.4 Å². The summed E-state index contributed by atoms with van der Waals surface area (Å²) in [6, 6.07) is 4.84. The van der Waals surface area contributed by atoms with Gasteiger partial charge in [-0.3, -0.25) is 14.9 Å². The molecule has 1 aromatic carbocycles. The first-order valence-electron chi connectivity index (χ1n) is 6.17. The molecule has 1 fully saturated rings. The average Bonchev–Trinajstić information content (AvgIpc) is 2.27. The van der Waals surface area contributed by atoms with Crippen molar-refractivity contribution in [2.45, 2.75) is 38.1 Å². The number of benzene rings is 1. The lowest BCUT2D eigenvalue weighted by atomic mass is 9.74. The zero-order valence-electron chi connectivity index (χ0n) is 10.7. The number of rotatable bonds is 5. The highest BCUT2D eigenvalue weighted by Crippen LogP contribution is 2.41. The van der Waals surface area contributed by atoms with Gasteiger partial charge in [-0.2, -0.15) is 0 Å². The summed E-state index contributed by atoms with van der Waals surface area (Å²) in [6.45, 7) is 1.78. The van der Waals surface area contributed by atoms with E-state index in [0.29, 0.717) is 5.69 Å². The maximum atomic E-state index is 11.0. The van der Waals surface area contributed by atoms with Gasteiger partial charge in [-0.1, -0.05) is 12.1 Å². The van der Waals surface area contributed by atoms with Gasteiger partial charge < -0.3 is 10.4 Å². The maximum Gasteiger partial charge on any atom is 0.305 e. The molecule has 6 nitrogen and oxygen atoms in total. The third kappa shape index (κ3) is 2.67. The summed E-state index contributed by atoms with van der Waals surface area (Å²) in [5, 5.41) is 23.1. The second-order valence-electron chi connectivity index (χ2n) is 5.06. The highest BCUT2D eigenvalue weighted by Gasteiger charge is 2.40. The quantitative estimate of drug-likeness (QED) is 0.630. The van der Waals surface area contributed by atoms with E-state index in [0.717, 1.165) is 24.8 Å². The molecule has 0 atom stereocenters. The number of para-hydroxylation sites is 1. The number of nitro groups is 1. The van der Waals surface area contributed by atoms with Crippen LogP contribution in [0.25, 0.3) is 0 Å². The summed E-state index contributed by atoms with van der Waals surface area (Å²) in [4.78, 5) is 21.5. The Morgan fingerprint density at radius 3 is 2.68 bits per heavy atom. The summed E-state index contributed by atoms with van der Waals surface area (Å²) in [6.07, 6.45) is 2.38. The predicted octanol–water partition coefficient (Wildman–Crippen LogP) is 2.71. The largest absolute Gasteiger partial charge is 0.481 e. The Hall–Kier alpha value is -2.11. The number of nitrogens with zero attached hydrogens (tertiary/aromatic N) is 1. The van der Waals surface area contributed by atoms with Crippen LogP contribution in [0.3, 0.4) is 0 Å².